The Balaban J connectivity index is 0.0000111. The van der Waals surface area contributed by atoms with E-state index in [1.807, 2.05) is 73.9 Å². The maximum atomic E-state index is 10.7. The van der Waals surface area contributed by atoms with Gasteiger partial charge >= 0.3 is 0 Å². The third-order valence-electron chi connectivity index (χ3n) is 16.3. The Hall–Kier alpha value is -8.89. The molecule has 3 aromatic heterocycles. The van der Waals surface area contributed by atoms with Gasteiger partial charge in [-0.05, 0) is 178 Å². The fourth-order valence-corrected chi connectivity index (χ4v) is 11.4. The topological polar surface area (TPSA) is 35.9 Å². The van der Waals surface area contributed by atoms with E-state index >= 15 is 0 Å². The summed E-state index contributed by atoms with van der Waals surface area (Å²) >= 11 is 0. The van der Waals surface area contributed by atoms with Crippen LogP contribution < -0.4 is 9.30 Å². The molecule has 13 rings (SSSR count). The number of imidazole rings is 1. The van der Waals surface area contributed by atoms with Gasteiger partial charge in [-0.2, -0.15) is 18.2 Å². The molecule has 0 fully saturated rings. The van der Waals surface area contributed by atoms with Crippen molar-refractivity contribution in [3.8, 4) is 84.3 Å². The Bertz CT molecular complexity index is 5700. The first-order chi connectivity index (χ1) is 50.3. The number of hydrogen-bond acceptors (Lipinski definition) is 2. The number of fused-ring (bicyclic) bond motifs is 4. The van der Waals surface area contributed by atoms with Crippen molar-refractivity contribution < 1.29 is 56.4 Å². The molecule has 0 spiro atoms. The van der Waals surface area contributed by atoms with Crippen molar-refractivity contribution in [2.75, 3.05) is 0 Å². The van der Waals surface area contributed by atoms with Gasteiger partial charge in [0.25, 0.3) is 6.33 Å². The number of rotatable bonds is 10. The van der Waals surface area contributed by atoms with E-state index in [0.717, 1.165) is 33.0 Å². The Morgan fingerprint density at radius 2 is 1.06 bits per heavy atom. The van der Waals surface area contributed by atoms with Crippen LogP contribution in [0.4, 0.5) is 0 Å². The van der Waals surface area contributed by atoms with Crippen LogP contribution >= 0.6 is 0 Å². The van der Waals surface area contributed by atoms with Crippen molar-refractivity contribution in [1.29, 1.82) is 0 Å². The van der Waals surface area contributed by atoms with E-state index in [1.165, 1.54) is 18.2 Å². The zero-order valence-corrected chi connectivity index (χ0v) is 54.6. The molecule has 5 nitrogen and oxygen atoms in total. The molecule has 0 amide bonds. The maximum Gasteiger partial charge on any atom is 0.268 e. The van der Waals surface area contributed by atoms with E-state index < -0.39 is 131 Å². The van der Waals surface area contributed by atoms with Gasteiger partial charge in [0.15, 0.2) is 0 Å². The first-order valence-corrected chi connectivity index (χ1v) is 29.7. The number of aryl methyl sites for hydroxylation is 2. The zero-order valence-electron chi connectivity index (χ0n) is 71.3. The SMILES string of the molecule is [2H]c1c([2H])c([2H])c(-c2c([2H])c(-c3cc(C(C)(C)C)cc(-c4cc(C(C)(C)C)cc(C(C)(C)C)c4)c3-[n+]3[c-]n(-c4[c-]c(Oc5[c-]c6c(cc5)c5ccccc5n6-c5cc(C(C)(C)C)ccn5)ccc4)c4cc(-c5c(C([2H])([2H])[2H])cccc5C([2H])([2H])[2H])ccc43)c([2H])c(-c3c([2H])c([2H])c([2H])c([2H])c3[2H])c2[2H])c([2H])c1[2H].[Pt]. The van der Waals surface area contributed by atoms with Crippen molar-refractivity contribution in [2.24, 2.45) is 0 Å². The van der Waals surface area contributed by atoms with Gasteiger partial charge < -0.3 is 13.9 Å². The van der Waals surface area contributed by atoms with E-state index in [0.29, 0.717) is 39.3 Å². The summed E-state index contributed by atoms with van der Waals surface area (Å²) in [7, 11) is 0. The Morgan fingerprint density at radius 3 is 1.68 bits per heavy atom. The van der Waals surface area contributed by atoms with E-state index in [1.54, 1.807) is 57.8 Å². The summed E-state index contributed by atoms with van der Waals surface area (Å²) in [6.45, 7) is 19.2. The molecule has 0 aliphatic heterocycles. The molecule has 13 aromatic rings. The molecular formula is C84H78N4OPt-2. The van der Waals surface area contributed by atoms with Crippen molar-refractivity contribution in [2.45, 2.75) is 118 Å². The van der Waals surface area contributed by atoms with Crippen molar-refractivity contribution >= 4 is 32.8 Å². The Kier molecular flexibility index (Phi) is 11.0. The average molecular weight is 1370 g/mol. The third-order valence-corrected chi connectivity index (χ3v) is 16.3. The van der Waals surface area contributed by atoms with Gasteiger partial charge in [-0.15, -0.1) is 29.7 Å². The maximum absolute atomic E-state index is 10.7. The first kappa shape index (κ1) is 42.2. The number of hydrogen-bond donors (Lipinski definition) is 0. The normalized spacial score (nSPS) is 15.5. The second kappa shape index (κ2) is 23.5. The summed E-state index contributed by atoms with van der Waals surface area (Å²) in [6, 6.07) is 36.9. The van der Waals surface area contributed by atoms with Crippen LogP contribution in [0.2, 0.25) is 0 Å². The van der Waals surface area contributed by atoms with Crippen LogP contribution in [0.25, 0.3) is 106 Å². The Labute approximate surface area is 573 Å². The van der Waals surface area contributed by atoms with Gasteiger partial charge in [0, 0.05) is 52.5 Å². The summed E-state index contributed by atoms with van der Waals surface area (Å²) in [5.74, 6) is 1.19. The second-order valence-corrected chi connectivity index (χ2v) is 26.8. The standard InChI is InChI=1S/C84H78N4O.Pt/c1-54-25-23-26-55(2)79(54)58-35-38-75-77(46-58)86(67-31-24-32-68(51-67)89-69-36-37-71-70-33-21-22-34-74(70)88(76(71)52-69)78-50-63(39-40-85-78)81(3,4)5)53-87(75)80-72(61-42-59(56-27-17-15-18-28-56)41-60(43-61)57-29-19-16-20-30-57)48-66(84(12,13)14)49-73(80)62-44-64(82(6,7)8)47-65(45-62)83(9,10)11;/h15-50H,1-14H3;/q-2;/i1D3,2D3,15D,16D,17D,18D,19D,20D,27D,28D,29D,30D,41D,42D,43D;. The molecule has 0 bridgehead atoms. The number of aromatic nitrogens is 4. The molecule has 0 aliphatic carbocycles. The van der Waals surface area contributed by atoms with Crippen molar-refractivity contribution in [3.63, 3.8) is 0 Å². The summed E-state index contributed by atoms with van der Waals surface area (Å²) in [5, 5.41) is 1.86. The van der Waals surface area contributed by atoms with Gasteiger partial charge in [0.05, 0.1) is 34.5 Å². The fourth-order valence-electron chi connectivity index (χ4n) is 11.4. The molecule has 90 heavy (non-hydrogen) atoms. The predicted octanol–water partition coefficient (Wildman–Crippen LogP) is 21.7. The van der Waals surface area contributed by atoms with E-state index in [2.05, 4.69) is 105 Å². The quantitative estimate of drug-likeness (QED) is 0.101. The van der Waals surface area contributed by atoms with Gasteiger partial charge in [0.2, 0.25) is 0 Å². The Morgan fingerprint density at radius 1 is 0.478 bits per heavy atom. The molecule has 6 heteroatoms. The van der Waals surface area contributed by atoms with Gasteiger partial charge in [-0.3, -0.25) is 4.57 Å². The third kappa shape index (κ3) is 11.8. The van der Waals surface area contributed by atoms with Gasteiger partial charge in [-0.25, -0.2) is 4.98 Å². The molecule has 10 aromatic carbocycles. The minimum Gasteiger partial charge on any atom is -0.510 e. The zero-order chi connectivity index (χ0) is 78.6. The van der Waals surface area contributed by atoms with Crippen molar-refractivity contribution in [1.82, 2.24) is 14.1 Å². The van der Waals surface area contributed by atoms with Gasteiger partial charge in [0.1, 0.15) is 5.82 Å². The molecular weight excluding hydrogens is 1280 g/mol. The molecule has 0 saturated heterocycles. The minimum atomic E-state index is -2.83. The van der Waals surface area contributed by atoms with Crippen LogP contribution in [0, 0.1) is 32.2 Å². The predicted molar refractivity (Wildman–Crippen MR) is 371 cm³/mol. The molecule has 3 heterocycles. The van der Waals surface area contributed by atoms with E-state index in [4.69, 9.17) is 26.2 Å². The minimum absolute atomic E-state index is 0. The largest absolute Gasteiger partial charge is 0.510 e. The summed E-state index contributed by atoms with van der Waals surface area (Å²) in [6.07, 6.45) is 5.43. The molecule has 0 unspecified atom stereocenters. The number of para-hydroxylation sites is 1. The molecule has 0 N–H and O–H groups in total. The second-order valence-electron chi connectivity index (χ2n) is 26.8. The summed E-state index contributed by atoms with van der Waals surface area (Å²) < 4.78 is 188. The number of nitrogens with zero attached hydrogens (tertiary/aromatic N) is 4. The smallest absolute Gasteiger partial charge is 0.268 e. The van der Waals surface area contributed by atoms with Crippen LogP contribution in [-0.4, -0.2) is 14.1 Å². The monoisotopic (exact) mass is 1370 g/mol. The molecule has 0 radical (unpaired) electrons. The number of ether oxygens (including phenoxy) is 1. The van der Waals surface area contributed by atoms with E-state index in [-0.39, 0.29) is 82.5 Å². The first-order valence-electron chi connectivity index (χ1n) is 39.2. The van der Waals surface area contributed by atoms with Crippen molar-refractivity contribution in [3.05, 3.63) is 270 Å². The van der Waals surface area contributed by atoms with Crippen LogP contribution in [0.3, 0.4) is 0 Å². The van der Waals surface area contributed by atoms with Crippen LogP contribution in [0.5, 0.6) is 11.5 Å². The average Bonchev–Trinajstić information content (AvgIpc) is 1.70. The number of pyridine rings is 1. The molecule has 0 atom stereocenters. The van der Waals surface area contributed by atoms with Gasteiger partial charge in [-0.1, -0.05) is 228 Å². The van der Waals surface area contributed by atoms with Crippen LogP contribution in [0.1, 0.15) is 143 Å². The molecule has 0 saturated carbocycles. The summed E-state index contributed by atoms with van der Waals surface area (Å²) in [4.78, 5) is 4.86. The summed E-state index contributed by atoms with van der Waals surface area (Å²) in [5.41, 5.74) is 2.15. The van der Waals surface area contributed by atoms with Crippen LogP contribution in [0.15, 0.2) is 218 Å². The van der Waals surface area contributed by atoms with Crippen LogP contribution in [-0.2, 0) is 42.7 Å². The van der Waals surface area contributed by atoms with E-state index in [9.17, 15) is 9.60 Å². The molecule has 0 aliphatic rings. The molecule has 452 valence electrons. The number of benzene rings is 10. The fraction of sp³-hybridized carbons (Fsp3) is 0.214.